The molecule has 10 heterocycles. The molecule has 6 aromatic heterocycles. The lowest BCUT2D eigenvalue weighted by atomic mass is 10.0. The van der Waals surface area contributed by atoms with Crippen molar-refractivity contribution in [1.82, 2.24) is 39.9 Å². The Hall–Kier alpha value is -10.5. The number of rotatable bonds is 14. The Balaban J connectivity index is 0.752. The van der Waals surface area contributed by atoms with Crippen molar-refractivity contribution in [2.45, 2.75) is 6.42 Å². The Bertz CT molecular complexity index is 6750. The Morgan fingerprint density at radius 2 is 0.358 bits per heavy atom. The minimum atomic E-state index is -1.88. The molecule has 612 valence electrons. The lowest BCUT2D eigenvalue weighted by Gasteiger charge is -2.25. The van der Waals surface area contributed by atoms with Crippen LogP contribution >= 0.6 is 139 Å². The van der Waals surface area contributed by atoms with Crippen molar-refractivity contribution in [3.8, 4) is 89.0 Å². The van der Waals surface area contributed by atoms with E-state index in [0.29, 0.717) is 55.7 Å². The van der Waals surface area contributed by atoms with Gasteiger partial charge in [0, 0.05) is 149 Å². The third-order valence-corrected chi connectivity index (χ3v) is 25.3. The first-order chi connectivity index (χ1) is 59.1. The number of fused-ring (bicyclic) bond motifs is 16. The maximum atomic E-state index is 17.9. The molecule has 0 spiro atoms. The van der Waals surface area contributed by atoms with Gasteiger partial charge in [-0.05, 0) is 176 Å². The zero-order valence-electron chi connectivity index (χ0n) is 63.0. The number of halogens is 20. The van der Waals surface area contributed by atoms with E-state index in [4.69, 9.17) is 159 Å². The van der Waals surface area contributed by atoms with Gasteiger partial charge in [0.25, 0.3) is 0 Å². The summed E-state index contributed by atoms with van der Waals surface area (Å²) in [5, 5.41) is 2.44. The van der Waals surface area contributed by atoms with Crippen molar-refractivity contribution in [2.24, 2.45) is 0 Å². The van der Waals surface area contributed by atoms with E-state index in [1.165, 1.54) is 48.6 Å². The van der Waals surface area contributed by atoms with Crippen LogP contribution in [0.4, 0.5) is 46.5 Å². The van der Waals surface area contributed by atoms with Crippen LogP contribution in [0.5, 0.6) is 0 Å². The maximum absolute atomic E-state index is 17.9. The van der Waals surface area contributed by atoms with Crippen molar-refractivity contribution in [2.75, 3.05) is 37.0 Å². The quantitative estimate of drug-likeness (QED) is 0.0636. The smallest absolute Gasteiger partial charge is 0.185 e. The van der Waals surface area contributed by atoms with E-state index in [2.05, 4.69) is 19.9 Å². The fourth-order valence-corrected chi connectivity index (χ4v) is 19.6. The number of anilines is 2. The Morgan fingerprint density at radius 1 is 0.211 bits per heavy atom. The van der Waals surface area contributed by atoms with Crippen LogP contribution in [-0.2, 0) is 0 Å². The summed E-state index contributed by atoms with van der Waals surface area (Å²) in [6, 6.07) is 42.2. The van der Waals surface area contributed by atoms with Gasteiger partial charge >= 0.3 is 0 Å². The molecule has 0 radical (unpaired) electrons. The molecule has 30 heteroatoms. The highest BCUT2D eigenvalue weighted by molar-refractivity contribution is 6.44. The first kappa shape index (κ1) is 83.4. The lowest BCUT2D eigenvalue weighted by molar-refractivity contribution is 0.455. The van der Waals surface area contributed by atoms with Gasteiger partial charge in [-0.25, -0.2) is 55.1 Å². The van der Waals surface area contributed by atoms with Crippen molar-refractivity contribution in [3.05, 3.63) is 310 Å². The number of aromatic nitrogens is 8. The number of hydrogen-bond acceptors (Lipinski definition) is 6. The lowest BCUT2D eigenvalue weighted by Crippen LogP contribution is -2.28. The molecule has 4 aliphatic rings. The molecule has 0 amide bonds. The molecule has 4 aliphatic heterocycles. The summed E-state index contributed by atoms with van der Waals surface area (Å²) in [4.78, 5) is 35.4. The molecule has 0 saturated carbocycles. The molecule has 16 bridgehead atoms. The van der Waals surface area contributed by atoms with Crippen molar-refractivity contribution >= 4 is 243 Å². The van der Waals surface area contributed by atoms with Crippen LogP contribution in [0.1, 0.15) is 52.0 Å². The second kappa shape index (κ2) is 33.2. The van der Waals surface area contributed by atoms with Crippen LogP contribution in [0.2, 0.25) is 60.3 Å². The van der Waals surface area contributed by atoms with Crippen molar-refractivity contribution in [3.63, 3.8) is 0 Å². The molecule has 14 aromatic rings. The van der Waals surface area contributed by atoms with Gasteiger partial charge in [-0.2, -0.15) is 0 Å². The molecule has 8 aromatic carbocycles. The highest BCUT2D eigenvalue weighted by Gasteiger charge is 2.36. The highest BCUT2D eigenvalue weighted by Crippen LogP contribution is 2.52. The van der Waals surface area contributed by atoms with E-state index in [9.17, 15) is 0 Å². The summed E-state index contributed by atoms with van der Waals surface area (Å²) >= 11 is 84.4. The topological polar surface area (TPSA) is 121 Å². The normalized spacial score (nSPS) is 12.3. The number of nitrogens with zero attached hydrogens (tertiary/aromatic N) is 6. The molecule has 4 N–H and O–H groups in total. The minimum absolute atomic E-state index is 0.109. The van der Waals surface area contributed by atoms with Crippen LogP contribution < -0.4 is 9.80 Å². The van der Waals surface area contributed by atoms with Gasteiger partial charge in [0.2, 0.25) is 0 Å². The van der Waals surface area contributed by atoms with E-state index in [1.54, 1.807) is 158 Å². The molecule has 0 aliphatic carbocycles. The van der Waals surface area contributed by atoms with E-state index >= 15 is 35.1 Å². The number of benzene rings is 8. The SMILES string of the molecule is CN(CCCN(C)c1c(F)c(F)c(-c2c3nc(c(-c4c(Cl)cccc4Cl)c4ccc([nH]4)c(-c4c(Cl)cccc4Cl)c4nc(c(-c5c(Cl)cccc5Cl)c5ccc2[nH]5)C=C4)C=C3)c(F)c1F)c1c(F)c(F)c(-c2c3nc(c(-c4c(Cl)cccc4Cl)c4ccc([nH]4)c(-c4c(Cl)cccc4Cl)c4nc(c(-c5c(Cl)cccc5Cl)c5ccc2[nH]5)C=C4)C=C3)c(F)c1F. The van der Waals surface area contributed by atoms with Gasteiger partial charge in [-0.15, -0.1) is 0 Å². The zero-order chi connectivity index (χ0) is 86.2. The van der Waals surface area contributed by atoms with Crippen molar-refractivity contribution < 1.29 is 35.1 Å². The van der Waals surface area contributed by atoms with E-state index < -0.39 is 93.3 Å². The molecule has 0 fully saturated rings. The van der Waals surface area contributed by atoms with Crippen molar-refractivity contribution in [1.29, 1.82) is 0 Å². The maximum Gasteiger partial charge on any atom is 0.185 e. The predicted octanol–water partition coefficient (Wildman–Crippen LogP) is 31.9. The van der Waals surface area contributed by atoms with Gasteiger partial charge in [0.15, 0.2) is 46.5 Å². The van der Waals surface area contributed by atoms with E-state index in [0.717, 1.165) is 23.9 Å². The van der Waals surface area contributed by atoms with Crippen LogP contribution in [0, 0.1) is 46.5 Å². The summed E-state index contributed by atoms with van der Waals surface area (Å²) in [7, 11) is 2.24. The minimum Gasteiger partial charge on any atom is -0.370 e. The average Bonchev–Trinajstić information content (AvgIpc) is 1.66. The van der Waals surface area contributed by atoms with Gasteiger partial charge < -0.3 is 29.7 Å². The molecule has 0 atom stereocenters. The molecule has 18 rings (SSSR count). The molecule has 0 unspecified atom stereocenters. The number of aromatic amines is 4. The van der Waals surface area contributed by atoms with Crippen LogP contribution in [0.3, 0.4) is 0 Å². The van der Waals surface area contributed by atoms with Crippen LogP contribution in [0.15, 0.2) is 158 Å². The number of hydrogen-bond donors (Lipinski definition) is 4. The Labute approximate surface area is 754 Å². The fourth-order valence-electron chi connectivity index (χ4n) is 16.1. The van der Waals surface area contributed by atoms with Gasteiger partial charge in [-0.1, -0.05) is 176 Å². The molecule has 123 heavy (non-hydrogen) atoms. The summed E-state index contributed by atoms with van der Waals surface area (Å²) < 4.78 is 142. The summed E-state index contributed by atoms with van der Waals surface area (Å²) in [5.41, 5.74) is 0.804. The van der Waals surface area contributed by atoms with Gasteiger partial charge in [0.05, 0.1) is 117 Å². The number of H-pyrrole nitrogens is 4. The van der Waals surface area contributed by atoms with Crippen LogP contribution in [0.25, 0.3) is 182 Å². The highest BCUT2D eigenvalue weighted by atomic mass is 35.5. The van der Waals surface area contributed by atoms with Gasteiger partial charge in [0.1, 0.15) is 11.4 Å². The second-order valence-corrected chi connectivity index (χ2v) is 33.6. The fraction of sp³-hybridized carbons (Fsp3) is 0.0538. The Morgan fingerprint density at radius 3 is 0.512 bits per heavy atom. The summed E-state index contributed by atoms with van der Waals surface area (Å²) in [6.07, 6.45) is 12.3. The first-order valence-electron chi connectivity index (χ1n) is 37.3. The zero-order valence-corrected chi connectivity index (χ0v) is 72.1. The first-order valence-corrected chi connectivity index (χ1v) is 41.8. The average molecular weight is 1880 g/mol. The summed E-state index contributed by atoms with van der Waals surface area (Å²) in [5.74, 6) is -15.0. The monoisotopic (exact) mass is 1880 g/mol. The van der Waals surface area contributed by atoms with E-state index in [1.807, 2.05) is 0 Å². The largest absolute Gasteiger partial charge is 0.370 e. The third-order valence-electron chi connectivity index (χ3n) is 21.5. The third kappa shape index (κ3) is 14.5. The Kier molecular flexibility index (Phi) is 22.5. The van der Waals surface area contributed by atoms with Crippen LogP contribution in [-0.4, -0.2) is 67.1 Å². The molecular weight excluding hydrogens is 1830 g/mol. The molecule has 10 nitrogen and oxygen atoms in total. The second-order valence-electron chi connectivity index (χ2n) is 28.7. The predicted molar refractivity (Wildman–Crippen MR) is 492 cm³/mol. The standard InChI is InChI=1S/C93H50Cl12F8N10/c1-122(92-88(110)84(106)82(85(107)89(92)111)80-64-34-30-60(118-64)76(70-44(98)14-5-15-45(70)99)56-26-22-52(114-56)74(68-40(94)10-3-11-41(68)95)53-23-27-57(115-53)77(61-31-35-65(80)119-61)71-46(100)16-6-17-47(71)101)38-9-39-123(2)93-90(112)86(108)83(87(109)91(93)113)81-66-36-32-62(120-66)78(72-48(102)18-7-19-49(72)103)58-28-24-54(116-58)75(69-42(96)12-4-13-43(69)97)55-25-29-59(117-55)79(63-33-37-67(81)121-63)73-50(104)20-8-21-51(73)105/h3-8,10-37,114,116,119,121H,9,38-39H2,1-2H3. The molecule has 0 saturated heterocycles. The molecular formula is C93H50Cl12F8N10. The number of nitrogens with one attached hydrogen (secondary N) is 4. The van der Waals surface area contributed by atoms with Gasteiger partial charge in [-0.3, -0.25) is 0 Å². The van der Waals surface area contributed by atoms with E-state index in [-0.39, 0.29) is 167 Å². The summed E-state index contributed by atoms with van der Waals surface area (Å²) in [6.45, 7) is -1.01.